The highest BCUT2D eigenvalue weighted by Crippen LogP contribution is 2.23. The Morgan fingerprint density at radius 2 is 1.89 bits per heavy atom. The first kappa shape index (κ1) is 22.7. The molecule has 0 unspecified atom stereocenters. The molecule has 1 heterocycles. The summed E-state index contributed by atoms with van der Waals surface area (Å²) in [5.41, 5.74) is -0.0304. The number of ether oxygens (including phenoxy) is 2. The van der Waals surface area contributed by atoms with Crippen molar-refractivity contribution >= 4 is 11.6 Å². The highest BCUT2D eigenvalue weighted by molar-refractivity contribution is 5.97. The molecule has 1 aliphatic rings. The number of carbonyl (C=O) groups excluding carboxylic acids is 1. The summed E-state index contributed by atoms with van der Waals surface area (Å²) in [5, 5.41) is 2.97. The molecule has 1 amide bonds. The summed E-state index contributed by atoms with van der Waals surface area (Å²) >= 11 is 0. The quantitative estimate of drug-likeness (QED) is 0.556. The summed E-state index contributed by atoms with van der Waals surface area (Å²) in [6, 6.07) is 7.60. The molecule has 0 spiro atoms. The molecule has 1 aromatic rings. The molecule has 1 N–H and O–H groups in total. The van der Waals surface area contributed by atoms with Crippen LogP contribution in [0.5, 0.6) is 5.75 Å². The van der Waals surface area contributed by atoms with Gasteiger partial charge in [-0.15, -0.1) is 0 Å². The van der Waals surface area contributed by atoms with Gasteiger partial charge in [-0.2, -0.15) is 0 Å². The van der Waals surface area contributed by atoms with Gasteiger partial charge >= 0.3 is 0 Å². The predicted octanol–water partition coefficient (Wildman–Crippen LogP) is 4.72. The van der Waals surface area contributed by atoms with Gasteiger partial charge in [0, 0.05) is 19.3 Å². The van der Waals surface area contributed by atoms with Crippen LogP contribution in [0.4, 0.5) is 5.69 Å². The number of amides is 1. The number of carbonyl (C=O) groups is 1. The summed E-state index contributed by atoms with van der Waals surface area (Å²) in [6.07, 6.45) is 6.51. The number of unbranched alkanes of at least 4 members (excludes halogenated alkanes) is 2. The number of rotatable bonds is 11. The Labute approximate surface area is 170 Å². The largest absolute Gasteiger partial charge is 0.492 e. The number of hydrogen-bond acceptors (Lipinski definition) is 4. The monoisotopic (exact) mass is 390 g/mol. The fraction of sp³-hybridized carbons (Fsp3) is 0.696. The molecule has 158 valence electrons. The van der Waals surface area contributed by atoms with Crippen LogP contribution in [0.25, 0.3) is 0 Å². The third-order valence-electron chi connectivity index (χ3n) is 5.85. The summed E-state index contributed by atoms with van der Waals surface area (Å²) in [4.78, 5) is 15.1. The van der Waals surface area contributed by atoms with E-state index in [1.54, 1.807) is 7.11 Å². The maximum absolute atomic E-state index is 12.6. The first-order valence-electron chi connectivity index (χ1n) is 10.8. The third-order valence-corrected chi connectivity index (χ3v) is 5.85. The van der Waals surface area contributed by atoms with Crippen LogP contribution in [-0.2, 0) is 9.53 Å². The molecule has 0 radical (unpaired) electrons. The van der Waals surface area contributed by atoms with Gasteiger partial charge in [0.1, 0.15) is 18.0 Å². The van der Waals surface area contributed by atoms with E-state index >= 15 is 0 Å². The van der Waals surface area contributed by atoms with Gasteiger partial charge in [0.25, 0.3) is 5.91 Å². The predicted molar refractivity (Wildman–Crippen MR) is 115 cm³/mol. The van der Waals surface area contributed by atoms with Crippen molar-refractivity contribution in [1.29, 1.82) is 0 Å². The second-order valence-corrected chi connectivity index (χ2v) is 8.24. The fourth-order valence-corrected chi connectivity index (χ4v) is 3.50. The van der Waals surface area contributed by atoms with Gasteiger partial charge in [-0.25, -0.2) is 0 Å². The van der Waals surface area contributed by atoms with Crippen LogP contribution in [0.3, 0.4) is 0 Å². The van der Waals surface area contributed by atoms with E-state index < -0.39 is 5.60 Å². The number of hydrogen-bond donors (Lipinski definition) is 1. The first-order chi connectivity index (χ1) is 13.5. The first-order valence-corrected chi connectivity index (χ1v) is 10.8. The van der Waals surface area contributed by atoms with E-state index in [0.717, 1.165) is 49.6 Å². The molecule has 2 rings (SSSR count). The topological polar surface area (TPSA) is 50.8 Å². The highest BCUT2D eigenvalue weighted by atomic mass is 16.5. The average Bonchev–Trinajstić information content (AvgIpc) is 2.70. The Balaban J connectivity index is 1.77. The number of nitrogens with one attached hydrogen (secondary N) is 1. The van der Waals surface area contributed by atoms with E-state index in [-0.39, 0.29) is 5.91 Å². The molecular formula is C23H38N2O3. The number of nitrogens with zero attached hydrogens (tertiary/aromatic N) is 1. The molecular weight excluding hydrogens is 352 g/mol. The second kappa shape index (κ2) is 11.4. The number of piperidine rings is 1. The molecule has 0 bridgehead atoms. The molecule has 1 aromatic carbocycles. The number of likely N-dealkylation sites (tertiary alicyclic amines) is 1. The van der Waals surface area contributed by atoms with Gasteiger partial charge < -0.3 is 14.8 Å². The maximum atomic E-state index is 12.6. The lowest BCUT2D eigenvalue weighted by atomic mass is 9.97. The van der Waals surface area contributed by atoms with Gasteiger partial charge in [0.2, 0.25) is 0 Å². The van der Waals surface area contributed by atoms with E-state index in [1.165, 1.54) is 25.9 Å². The van der Waals surface area contributed by atoms with Gasteiger partial charge in [0.15, 0.2) is 0 Å². The zero-order valence-corrected chi connectivity index (χ0v) is 18.1. The number of methoxy groups -OCH3 is 1. The standard InChI is InChI=1S/C23H38N2O3/c1-5-6-7-14-23(3,27-4)22(26)24-20-8-10-21(11-9-20)28-18-17-25-15-12-19(2)13-16-25/h8-11,19H,5-7,12-18H2,1-4H3,(H,24,26)/t23-/m1/s1. The van der Waals surface area contributed by atoms with Crippen molar-refractivity contribution in [3.8, 4) is 5.75 Å². The van der Waals surface area contributed by atoms with E-state index in [1.807, 2.05) is 31.2 Å². The molecule has 5 nitrogen and oxygen atoms in total. The van der Waals surface area contributed by atoms with Crippen molar-refractivity contribution in [2.45, 2.75) is 64.9 Å². The van der Waals surface area contributed by atoms with Crippen LogP contribution in [-0.4, -0.2) is 49.8 Å². The Morgan fingerprint density at radius 3 is 2.50 bits per heavy atom. The van der Waals surface area contributed by atoms with Gasteiger partial charge in [-0.05, 0) is 69.5 Å². The lowest BCUT2D eigenvalue weighted by Gasteiger charge is -2.29. The summed E-state index contributed by atoms with van der Waals surface area (Å²) in [6.45, 7) is 10.3. The van der Waals surface area contributed by atoms with E-state index in [0.29, 0.717) is 6.61 Å². The fourth-order valence-electron chi connectivity index (χ4n) is 3.50. The van der Waals surface area contributed by atoms with Crippen LogP contribution in [0.1, 0.15) is 59.3 Å². The molecule has 1 fully saturated rings. The summed E-state index contributed by atoms with van der Waals surface area (Å²) in [7, 11) is 1.60. The van der Waals surface area contributed by atoms with Crippen LogP contribution < -0.4 is 10.1 Å². The normalized spacial score (nSPS) is 17.9. The minimum Gasteiger partial charge on any atom is -0.492 e. The average molecular weight is 391 g/mol. The van der Waals surface area contributed by atoms with Crippen molar-refractivity contribution in [2.24, 2.45) is 5.92 Å². The van der Waals surface area contributed by atoms with Gasteiger partial charge in [-0.1, -0.05) is 33.1 Å². The molecule has 0 aliphatic carbocycles. The maximum Gasteiger partial charge on any atom is 0.256 e. The van der Waals surface area contributed by atoms with Crippen LogP contribution in [0.15, 0.2) is 24.3 Å². The molecule has 0 saturated carbocycles. The summed E-state index contributed by atoms with van der Waals surface area (Å²) < 4.78 is 11.4. The van der Waals surface area contributed by atoms with Crippen LogP contribution in [0, 0.1) is 5.92 Å². The second-order valence-electron chi connectivity index (χ2n) is 8.24. The van der Waals surface area contributed by atoms with E-state index in [9.17, 15) is 4.79 Å². The van der Waals surface area contributed by atoms with Crippen molar-refractivity contribution in [3.63, 3.8) is 0 Å². The lowest BCUT2D eigenvalue weighted by molar-refractivity contribution is -0.136. The van der Waals surface area contributed by atoms with Crippen molar-refractivity contribution in [3.05, 3.63) is 24.3 Å². The van der Waals surface area contributed by atoms with Crippen molar-refractivity contribution in [1.82, 2.24) is 4.90 Å². The molecule has 1 atom stereocenters. The zero-order chi connectivity index (χ0) is 20.4. The molecule has 1 saturated heterocycles. The Morgan fingerprint density at radius 1 is 1.21 bits per heavy atom. The molecule has 5 heteroatoms. The van der Waals surface area contributed by atoms with Crippen molar-refractivity contribution in [2.75, 3.05) is 38.7 Å². The highest BCUT2D eigenvalue weighted by Gasteiger charge is 2.32. The Kier molecular flexibility index (Phi) is 9.26. The Hall–Kier alpha value is -1.59. The van der Waals surface area contributed by atoms with E-state index in [2.05, 4.69) is 24.1 Å². The SMILES string of the molecule is CCCCC[C@@](C)(OC)C(=O)Nc1ccc(OCCN2CCC(C)CC2)cc1. The minimum absolute atomic E-state index is 0.0981. The smallest absolute Gasteiger partial charge is 0.256 e. The third kappa shape index (κ3) is 7.10. The number of benzene rings is 1. The van der Waals surface area contributed by atoms with Crippen LogP contribution >= 0.6 is 0 Å². The Bertz CT molecular complexity index is 582. The minimum atomic E-state index is -0.795. The van der Waals surface area contributed by atoms with Crippen LogP contribution in [0.2, 0.25) is 0 Å². The summed E-state index contributed by atoms with van der Waals surface area (Å²) in [5.74, 6) is 1.59. The zero-order valence-electron chi connectivity index (χ0n) is 18.1. The lowest BCUT2D eigenvalue weighted by Crippen LogP contribution is -2.41. The van der Waals surface area contributed by atoms with E-state index in [4.69, 9.17) is 9.47 Å². The molecule has 1 aliphatic heterocycles. The molecule has 28 heavy (non-hydrogen) atoms. The van der Waals surface area contributed by atoms with Gasteiger partial charge in [-0.3, -0.25) is 9.69 Å². The number of anilines is 1. The van der Waals surface area contributed by atoms with Gasteiger partial charge in [0.05, 0.1) is 0 Å². The van der Waals surface area contributed by atoms with Crippen molar-refractivity contribution < 1.29 is 14.3 Å². The molecule has 0 aromatic heterocycles.